The molecule has 0 radical (unpaired) electrons. The van der Waals surface area contributed by atoms with Crippen molar-refractivity contribution in [2.24, 2.45) is 0 Å². The molecule has 0 atom stereocenters. The van der Waals surface area contributed by atoms with Crippen LogP contribution in [0.5, 0.6) is 0 Å². The number of carbonyl (C=O) groups is 2. The molecule has 5 nitrogen and oxygen atoms in total. The van der Waals surface area contributed by atoms with Gasteiger partial charge in [0.1, 0.15) is 12.4 Å². The van der Waals surface area contributed by atoms with Crippen LogP contribution in [0, 0.1) is 5.82 Å². The number of halogens is 1. The van der Waals surface area contributed by atoms with Crippen molar-refractivity contribution in [3.63, 3.8) is 0 Å². The average Bonchev–Trinajstić information content (AvgIpc) is 2.25. The van der Waals surface area contributed by atoms with Gasteiger partial charge in [-0.3, -0.25) is 9.69 Å². The van der Waals surface area contributed by atoms with Gasteiger partial charge >= 0.3 is 12.0 Å². The number of nitrogens with one attached hydrogen (secondary N) is 1. The molecule has 0 spiro atoms. The van der Waals surface area contributed by atoms with Crippen LogP contribution >= 0.6 is 0 Å². The molecule has 0 bridgehead atoms. The Kier molecular flexibility index (Phi) is 3.82. The van der Waals surface area contributed by atoms with Gasteiger partial charge in [0.2, 0.25) is 0 Å². The predicted octanol–water partition coefficient (Wildman–Crippen LogP) is 1.06. The Morgan fingerprint density at radius 1 is 1.44 bits per heavy atom. The van der Waals surface area contributed by atoms with Crippen molar-refractivity contribution in [3.8, 4) is 0 Å². The number of nitrogens with zero attached hydrogens (tertiary/aromatic N) is 1. The summed E-state index contributed by atoms with van der Waals surface area (Å²) in [6.07, 6.45) is 0. The van der Waals surface area contributed by atoms with E-state index in [0.29, 0.717) is 0 Å². The maximum absolute atomic E-state index is 13.3. The van der Waals surface area contributed by atoms with Gasteiger partial charge in [0.15, 0.2) is 0 Å². The van der Waals surface area contributed by atoms with Crippen LogP contribution in [0.4, 0.5) is 14.9 Å². The van der Waals surface area contributed by atoms with Crippen LogP contribution in [0.25, 0.3) is 0 Å². The number of rotatable bonds is 3. The molecule has 6 heteroatoms. The van der Waals surface area contributed by atoms with Gasteiger partial charge in [0, 0.05) is 7.05 Å². The largest absolute Gasteiger partial charge is 0.480 e. The minimum atomic E-state index is -1.16. The fraction of sp³-hybridized carbons (Fsp3) is 0.200. The van der Waals surface area contributed by atoms with Crippen LogP contribution in [0.15, 0.2) is 24.3 Å². The predicted molar refractivity (Wildman–Crippen MR) is 55.8 cm³/mol. The summed E-state index contributed by atoms with van der Waals surface area (Å²) in [5.41, 5.74) is 0.0883. The van der Waals surface area contributed by atoms with Gasteiger partial charge in [0.25, 0.3) is 0 Å². The molecule has 0 unspecified atom stereocenters. The highest BCUT2D eigenvalue weighted by Gasteiger charge is 2.14. The maximum Gasteiger partial charge on any atom is 0.323 e. The van der Waals surface area contributed by atoms with Crippen LogP contribution < -0.4 is 10.2 Å². The quantitative estimate of drug-likeness (QED) is 0.809. The van der Waals surface area contributed by atoms with Crippen LogP contribution in [0.3, 0.4) is 0 Å². The highest BCUT2D eigenvalue weighted by molar-refractivity contribution is 5.93. The lowest BCUT2D eigenvalue weighted by atomic mass is 10.3. The van der Waals surface area contributed by atoms with E-state index in [-0.39, 0.29) is 5.69 Å². The average molecular weight is 226 g/mol. The Bertz CT molecular complexity index is 409. The summed E-state index contributed by atoms with van der Waals surface area (Å²) in [7, 11) is 1.36. The number of carboxylic acids is 1. The lowest BCUT2D eigenvalue weighted by molar-refractivity contribution is -0.135. The second-order valence-electron chi connectivity index (χ2n) is 3.06. The number of para-hydroxylation sites is 1. The first-order valence-corrected chi connectivity index (χ1v) is 4.50. The van der Waals surface area contributed by atoms with Crippen molar-refractivity contribution in [3.05, 3.63) is 30.1 Å². The molecule has 1 aromatic rings. The van der Waals surface area contributed by atoms with Crippen LogP contribution in [0.2, 0.25) is 0 Å². The van der Waals surface area contributed by atoms with E-state index in [1.807, 2.05) is 0 Å². The molecule has 1 rings (SSSR count). The van der Waals surface area contributed by atoms with Crippen molar-refractivity contribution in [2.75, 3.05) is 18.5 Å². The number of carbonyl (C=O) groups excluding carboxylic acids is 1. The fourth-order valence-electron chi connectivity index (χ4n) is 1.10. The summed E-state index contributed by atoms with van der Waals surface area (Å²) in [5.74, 6) is -1.70. The normalized spacial score (nSPS) is 9.62. The Balaban J connectivity index is 2.71. The molecule has 0 saturated heterocycles. The Morgan fingerprint density at radius 3 is 2.62 bits per heavy atom. The number of hydrogen-bond donors (Lipinski definition) is 2. The zero-order valence-electron chi connectivity index (χ0n) is 8.61. The molecular formula is C10H11FN2O3. The number of amides is 2. The summed E-state index contributed by atoms with van der Waals surface area (Å²) >= 11 is 0. The molecule has 0 heterocycles. The van der Waals surface area contributed by atoms with Gasteiger partial charge in [-0.25, -0.2) is 9.18 Å². The summed E-state index contributed by atoms with van der Waals surface area (Å²) < 4.78 is 13.3. The van der Waals surface area contributed by atoms with Crippen LogP contribution in [0.1, 0.15) is 0 Å². The van der Waals surface area contributed by atoms with Gasteiger partial charge in [0.05, 0.1) is 5.69 Å². The number of aliphatic carboxylic acids is 1. The molecule has 1 aromatic carbocycles. The number of urea groups is 1. The first-order chi connectivity index (χ1) is 7.52. The molecule has 0 aliphatic rings. The molecule has 86 valence electrons. The third-order valence-corrected chi connectivity index (χ3v) is 1.91. The van der Waals surface area contributed by atoms with Gasteiger partial charge < -0.3 is 10.4 Å². The molecule has 0 saturated carbocycles. The maximum atomic E-state index is 13.3. The van der Waals surface area contributed by atoms with E-state index in [4.69, 9.17) is 5.11 Å². The Morgan fingerprint density at radius 2 is 2.06 bits per heavy atom. The third kappa shape index (κ3) is 2.94. The Labute approximate surface area is 91.5 Å². The van der Waals surface area contributed by atoms with E-state index in [9.17, 15) is 14.0 Å². The molecule has 0 aromatic heterocycles. The summed E-state index contributed by atoms with van der Waals surface area (Å²) in [6, 6.07) is 5.06. The SMILES string of the molecule is CN(C(=O)NCC(=O)O)c1ccccc1F. The lowest BCUT2D eigenvalue weighted by Crippen LogP contribution is -2.40. The van der Waals surface area contributed by atoms with Gasteiger partial charge in [-0.2, -0.15) is 0 Å². The van der Waals surface area contributed by atoms with E-state index >= 15 is 0 Å². The zero-order chi connectivity index (χ0) is 12.1. The molecule has 0 aliphatic heterocycles. The highest BCUT2D eigenvalue weighted by Crippen LogP contribution is 2.16. The first-order valence-electron chi connectivity index (χ1n) is 4.50. The first kappa shape index (κ1) is 12.0. The minimum Gasteiger partial charge on any atom is -0.480 e. The Hall–Kier alpha value is -2.11. The smallest absolute Gasteiger partial charge is 0.323 e. The third-order valence-electron chi connectivity index (χ3n) is 1.91. The number of carboxylic acid groups (broad SMARTS) is 1. The number of anilines is 1. The summed E-state index contributed by atoms with van der Waals surface area (Å²) in [5, 5.41) is 10.5. The lowest BCUT2D eigenvalue weighted by Gasteiger charge is -2.17. The molecule has 16 heavy (non-hydrogen) atoms. The monoisotopic (exact) mass is 226 g/mol. The molecule has 0 fully saturated rings. The van der Waals surface area contributed by atoms with E-state index < -0.39 is 24.4 Å². The highest BCUT2D eigenvalue weighted by atomic mass is 19.1. The minimum absolute atomic E-state index is 0.0883. The topological polar surface area (TPSA) is 69.6 Å². The van der Waals surface area contributed by atoms with E-state index in [2.05, 4.69) is 5.32 Å². The van der Waals surface area contributed by atoms with E-state index in [0.717, 1.165) is 4.90 Å². The molecular weight excluding hydrogens is 215 g/mol. The second kappa shape index (κ2) is 5.11. The van der Waals surface area contributed by atoms with Gasteiger partial charge in [-0.1, -0.05) is 12.1 Å². The zero-order valence-corrected chi connectivity index (χ0v) is 8.61. The summed E-state index contributed by atoms with van der Waals surface area (Å²) in [4.78, 5) is 22.6. The molecule has 2 N–H and O–H groups in total. The fourth-order valence-corrected chi connectivity index (χ4v) is 1.10. The second-order valence-corrected chi connectivity index (χ2v) is 3.06. The van der Waals surface area contributed by atoms with Crippen LogP contribution in [-0.2, 0) is 4.79 Å². The van der Waals surface area contributed by atoms with E-state index in [1.54, 1.807) is 6.07 Å². The molecule has 2 amide bonds. The standard InChI is InChI=1S/C10H11FN2O3/c1-13(10(16)12-6-9(14)15)8-5-3-2-4-7(8)11/h2-5H,6H2,1H3,(H,12,16)(H,14,15). The van der Waals surface area contributed by atoms with Crippen molar-refractivity contribution in [1.29, 1.82) is 0 Å². The molecule has 0 aliphatic carbocycles. The van der Waals surface area contributed by atoms with E-state index in [1.165, 1.54) is 25.2 Å². The van der Waals surface area contributed by atoms with Crippen molar-refractivity contribution in [1.82, 2.24) is 5.32 Å². The number of hydrogen-bond acceptors (Lipinski definition) is 2. The van der Waals surface area contributed by atoms with Gasteiger partial charge in [-0.15, -0.1) is 0 Å². The van der Waals surface area contributed by atoms with Crippen molar-refractivity contribution < 1.29 is 19.1 Å². The van der Waals surface area contributed by atoms with Crippen molar-refractivity contribution >= 4 is 17.7 Å². The van der Waals surface area contributed by atoms with Crippen LogP contribution in [-0.4, -0.2) is 30.7 Å². The van der Waals surface area contributed by atoms with Gasteiger partial charge in [-0.05, 0) is 12.1 Å². The summed E-state index contributed by atoms with van der Waals surface area (Å²) in [6.45, 7) is -0.502. The number of benzene rings is 1. The van der Waals surface area contributed by atoms with Crippen molar-refractivity contribution in [2.45, 2.75) is 0 Å².